The number of carboxylic acid groups (broad SMARTS) is 1. The number of phenolic OH excluding ortho intramolecular Hbond substituents is 1. The Balaban J connectivity index is 2.94. The van der Waals surface area contributed by atoms with Gasteiger partial charge in [-0.2, -0.15) is 0 Å². The Labute approximate surface area is 85.0 Å². The zero-order chi connectivity index (χ0) is 11.0. The smallest absolute Gasteiger partial charge is 0.340 e. The molecule has 0 fully saturated rings. The highest BCUT2D eigenvalue weighted by Gasteiger charge is 2.14. The number of fused-ring (bicyclic) bond motifs is 1. The van der Waals surface area contributed by atoms with Gasteiger partial charge in [0.05, 0.1) is 0 Å². The highest BCUT2D eigenvalue weighted by Crippen LogP contribution is 2.31. The standard InChI is InChI=1S/C11H8O4/c12-8-3-1-2-7-6(8)4-5-9(13)10(7)11(14)15/h1-5,12-13H,(H,14,15). The SMILES string of the molecule is O=C(O)c1c(O)ccc2c(O)cccc12. The molecule has 0 bridgehead atoms. The minimum atomic E-state index is -1.22. The maximum absolute atomic E-state index is 10.9. The molecular weight excluding hydrogens is 196 g/mol. The molecule has 2 aromatic rings. The van der Waals surface area contributed by atoms with Crippen LogP contribution in [0, 0.1) is 0 Å². The maximum Gasteiger partial charge on any atom is 0.340 e. The van der Waals surface area contributed by atoms with Crippen LogP contribution < -0.4 is 0 Å². The van der Waals surface area contributed by atoms with Gasteiger partial charge >= 0.3 is 5.97 Å². The average Bonchev–Trinajstić information content (AvgIpc) is 2.17. The van der Waals surface area contributed by atoms with Gasteiger partial charge in [0.15, 0.2) is 0 Å². The van der Waals surface area contributed by atoms with Gasteiger partial charge in [0, 0.05) is 10.8 Å². The van der Waals surface area contributed by atoms with Crippen LogP contribution in [-0.4, -0.2) is 21.3 Å². The van der Waals surface area contributed by atoms with Crippen LogP contribution in [0.25, 0.3) is 10.8 Å². The first-order valence-corrected chi connectivity index (χ1v) is 4.28. The van der Waals surface area contributed by atoms with E-state index in [0.717, 1.165) is 0 Å². The van der Waals surface area contributed by atoms with Crippen molar-refractivity contribution in [2.24, 2.45) is 0 Å². The molecule has 0 atom stereocenters. The second-order valence-electron chi connectivity index (χ2n) is 3.14. The first kappa shape index (κ1) is 9.33. The lowest BCUT2D eigenvalue weighted by atomic mass is 10.0. The largest absolute Gasteiger partial charge is 0.507 e. The van der Waals surface area contributed by atoms with Crippen molar-refractivity contribution in [1.82, 2.24) is 0 Å². The summed E-state index contributed by atoms with van der Waals surface area (Å²) in [5, 5.41) is 28.5. The molecule has 2 rings (SSSR count). The fourth-order valence-corrected chi connectivity index (χ4v) is 1.55. The lowest BCUT2D eigenvalue weighted by Gasteiger charge is -2.05. The van der Waals surface area contributed by atoms with Crippen molar-refractivity contribution in [3.05, 3.63) is 35.9 Å². The van der Waals surface area contributed by atoms with Gasteiger partial charge in [0.1, 0.15) is 17.1 Å². The van der Waals surface area contributed by atoms with Gasteiger partial charge < -0.3 is 15.3 Å². The summed E-state index contributed by atoms with van der Waals surface area (Å²) < 4.78 is 0. The molecule has 4 nitrogen and oxygen atoms in total. The van der Waals surface area contributed by atoms with Crippen LogP contribution in [-0.2, 0) is 0 Å². The van der Waals surface area contributed by atoms with Gasteiger partial charge in [-0.3, -0.25) is 0 Å². The van der Waals surface area contributed by atoms with E-state index in [1.165, 1.54) is 30.3 Å². The van der Waals surface area contributed by atoms with E-state index in [9.17, 15) is 15.0 Å². The highest BCUT2D eigenvalue weighted by molar-refractivity contribution is 6.07. The highest BCUT2D eigenvalue weighted by atomic mass is 16.4. The summed E-state index contributed by atoms with van der Waals surface area (Å²) in [4.78, 5) is 10.9. The molecule has 0 heterocycles. The molecule has 0 radical (unpaired) electrons. The second-order valence-corrected chi connectivity index (χ2v) is 3.14. The zero-order valence-corrected chi connectivity index (χ0v) is 7.64. The first-order chi connectivity index (χ1) is 7.11. The van der Waals surface area contributed by atoms with Gasteiger partial charge in [-0.15, -0.1) is 0 Å². The Kier molecular flexibility index (Phi) is 1.97. The minimum Gasteiger partial charge on any atom is -0.507 e. The van der Waals surface area contributed by atoms with E-state index >= 15 is 0 Å². The number of hydrogen-bond donors (Lipinski definition) is 3. The molecule has 0 saturated heterocycles. The van der Waals surface area contributed by atoms with Crippen molar-refractivity contribution >= 4 is 16.7 Å². The third kappa shape index (κ3) is 1.36. The van der Waals surface area contributed by atoms with Gasteiger partial charge in [0.2, 0.25) is 0 Å². The van der Waals surface area contributed by atoms with Gasteiger partial charge in [0.25, 0.3) is 0 Å². The molecule has 0 unspecified atom stereocenters. The average molecular weight is 204 g/mol. The maximum atomic E-state index is 10.9. The molecule has 0 saturated carbocycles. The summed E-state index contributed by atoms with van der Waals surface area (Å²) in [5.74, 6) is -1.53. The van der Waals surface area contributed by atoms with E-state index in [-0.39, 0.29) is 17.1 Å². The molecule has 4 heteroatoms. The van der Waals surface area contributed by atoms with E-state index in [2.05, 4.69) is 0 Å². The first-order valence-electron chi connectivity index (χ1n) is 4.28. The molecule has 76 valence electrons. The van der Waals surface area contributed by atoms with Crippen LogP contribution in [0.3, 0.4) is 0 Å². The number of carboxylic acids is 1. The van der Waals surface area contributed by atoms with E-state index in [1.54, 1.807) is 0 Å². The van der Waals surface area contributed by atoms with E-state index in [0.29, 0.717) is 10.8 Å². The van der Waals surface area contributed by atoms with Crippen LogP contribution in [0.15, 0.2) is 30.3 Å². The van der Waals surface area contributed by atoms with E-state index < -0.39 is 5.97 Å². The van der Waals surface area contributed by atoms with Crippen molar-refractivity contribution in [3.63, 3.8) is 0 Å². The fourth-order valence-electron chi connectivity index (χ4n) is 1.55. The molecule has 0 aliphatic carbocycles. The Morgan fingerprint density at radius 3 is 2.33 bits per heavy atom. The van der Waals surface area contributed by atoms with Gasteiger partial charge in [-0.25, -0.2) is 4.79 Å². The Morgan fingerprint density at radius 1 is 0.933 bits per heavy atom. The van der Waals surface area contributed by atoms with E-state index in [1.807, 2.05) is 0 Å². The third-order valence-corrected chi connectivity index (χ3v) is 2.23. The Hall–Kier alpha value is -2.23. The molecule has 15 heavy (non-hydrogen) atoms. The topological polar surface area (TPSA) is 77.8 Å². The summed E-state index contributed by atoms with van der Waals surface area (Å²) >= 11 is 0. The molecule has 2 aromatic carbocycles. The van der Waals surface area contributed by atoms with Crippen molar-refractivity contribution in [3.8, 4) is 11.5 Å². The summed E-state index contributed by atoms with van der Waals surface area (Å²) in [7, 11) is 0. The van der Waals surface area contributed by atoms with Crippen molar-refractivity contribution in [1.29, 1.82) is 0 Å². The number of hydrogen-bond acceptors (Lipinski definition) is 3. The quantitative estimate of drug-likeness (QED) is 0.663. The number of rotatable bonds is 1. The summed E-state index contributed by atoms with van der Waals surface area (Å²) in [6.45, 7) is 0. The van der Waals surface area contributed by atoms with Crippen molar-refractivity contribution in [2.75, 3.05) is 0 Å². The Morgan fingerprint density at radius 2 is 1.67 bits per heavy atom. The predicted molar refractivity (Wildman–Crippen MR) is 54.2 cm³/mol. The molecule has 3 N–H and O–H groups in total. The number of carbonyl (C=O) groups is 1. The summed E-state index contributed by atoms with van der Waals surface area (Å²) in [6.07, 6.45) is 0. The lowest BCUT2D eigenvalue weighted by molar-refractivity contribution is 0.0696. The minimum absolute atomic E-state index is 0.00463. The number of aromatic carboxylic acids is 1. The van der Waals surface area contributed by atoms with Crippen molar-refractivity contribution < 1.29 is 20.1 Å². The van der Waals surface area contributed by atoms with Gasteiger partial charge in [-0.05, 0) is 18.2 Å². The van der Waals surface area contributed by atoms with Crippen LogP contribution in [0.1, 0.15) is 10.4 Å². The molecule has 0 aromatic heterocycles. The van der Waals surface area contributed by atoms with Crippen LogP contribution >= 0.6 is 0 Å². The molecule has 0 spiro atoms. The second kappa shape index (κ2) is 3.16. The van der Waals surface area contributed by atoms with E-state index in [4.69, 9.17) is 5.11 Å². The monoisotopic (exact) mass is 204 g/mol. The summed E-state index contributed by atoms with van der Waals surface area (Å²) in [5.41, 5.74) is -0.191. The number of phenols is 2. The molecule has 0 aliphatic rings. The predicted octanol–water partition coefficient (Wildman–Crippen LogP) is 1.95. The fraction of sp³-hybridized carbons (Fsp3) is 0. The van der Waals surface area contributed by atoms with Crippen LogP contribution in [0.4, 0.5) is 0 Å². The van der Waals surface area contributed by atoms with Crippen molar-refractivity contribution in [2.45, 2.75) is 0 Å². The normalized spacial score (nSPS) is 10.4. The van der Waals surface area contributed by atoms with Crippen LogP contribution in [0.2, 0.25) is 0 Å². The third-order valence-electron chi connectivity index (χ3n) is 2.23. The number of benzene rings is 2. The molecular formula is C11H8O4. The Bertz CT molecular complexity index is 546. The van der Waals surface area contributed by atoms with Crippen LogP contribution in [0.5, 0.6) is 11.5 Å². The molecule has 0 aliphatic heterocycles. The summed E-state index contributed by atoms with van der Waals surface area (Å²) in [6, 6.07) is 7.27. The lowest BCUT2D eigenvalue weighted by Crippen LogP contribution is -1.98. The zero-order valence-electron chi connectivity index (χ0n) is 7.64. The number of aromatic hydroxyl groups is 2. The molecule has 0 amide bonds. The van der Waals surface area contributed by atoms with Gasteiger partial charge in [-0.1, -0.05) is 12.1 Å².